The summed E-state index contributed by atoms with van der Waals surface area (Å²) in [7, 11) is 4.58. The van der Waals surface area contributed by atoms with Gasteiger partial charge in [0.25, 0.3) is 0 Å². The van der Waals surface area contributed by atoms with Crippen LogP contribution in [0.5, 0.6) is 17.2 Å². The number of anilines is 1. The molecule has 168 valence electrons. The second-order valence-electron chi connectivity index (χ2n) is 7.55. The van der Waals surface area contributed by atoms with Gasteiger partial charge in [-0.3, -0.25) is 9.69 Å². The van der Waals surface area contributed by atoms with E-state index in [0.717, 1.165) is 13.0 Å². The summed E-state index contributed by atoms with van der Waals surface area (Å²) in [6.07, 6.45) is 0.501. The van der Waals surface area contributed by atoms with Crippen LogP contribution in [0.4, 0.5) is 10.5 Å². The number of nitrogens with zero attached hydrogens (tertiary/aromatic N) is 2. The maximum absolute atomic E-state index is 12.6. The van der Waals surface area contributed by atoms with Gasteiger partial charge in [-0.05, 0) is 12.3 Å². The smallest absolute Gasteiger partial charge is 0.409 e. The van der Waals surface area contributed by atoms with E-state index in [4.69, 9.17) is 18.9 Å². The zero-order valence-electron chi connectivity index (χ0n) is 18.5. The number of carbonyl (C=O) groups is 2. The van der Waals surface area contributed by atoms with E-state index in [1.807, 2.05) is 18.7 Å². The fraction of sp³-hybridized carbons (Fsp3) is 0.619. The summed E-state index contributed by atoms with van der Waals surface area (Å²) in [6.45, 7) is 7.16. The van der Waals surface area contributed by atoms with Crippen molar-refractivity contribution in [1.82, 2.24) is 9.80 Å². The summed E-state index contributed by atoms with van der Waals surface area (Å²) in [4.78, 5) is 28.5. The number of nitrogens with one attached hydrogen (secondary N) is 1. The van der Waals surface area contributed by atoms with Gasteiger partial charge >= 0.3 is 6.09 Å². The Morgan fingerprint density at radius 2 is 1.67 bits per heavy atom. The summed E-state index contributed by atoms with van der Waals surface area (Å²) in [6, 6.07) is 3.38. The van der Waals surface area contributed by atoms with E-state index in [2.05, 4.69) is 5.32 Å². The predicted molar refractivity (Wildman–Crippen MR) is 114 cm³/mol. The van der Waals surface area contributed by atoms with Crippen LogP contribution in [0.1, 0.15) is 20.3 Å². The van der Waals surface area contributed by atoms with Gasteiger partial charge in [-0.1, -0.05) is 13.8 Å². The molecular weight excluding hydrogens is 390 g/mol. The molecule has 9 nitrogen and oxygen atoms in total. The number of hydrogen-bond donors (Lipinski definition) is 1. The van der Waals surface area contributed by atoms with Gasteiger partial charge in [0, 0.05) is 44.0 Å². The maximum Gasteiger partial charge on any atom is 0.409 e. The molecule has 0 radical (unpaired) electrons. The van der Waals surface area contributed by atoms with Gasteiger partial charge in [-0.2, -0.15) is 0 Å². The zero-order chi connectivity index (χ0) is 22.1. The van der Waals surface area contributed by atoms with E-state index >= 15 is 0 Å². The van der Waals surface area contributed by atoms with E-state index < -0.39 is 0 Å². The van der Waals surface area contributed by atoms with Crippen molar-refractivity contribution in [3.05, 3.63) is 12.1 Å². The Kier molecular flexibility index (Phi) is 9.04. The molecule has 0 atom stereocenters. The summed E-state index contributed by atoms with van der Waals surface area (Å²) in [5, 5.41) is 2.88. The Balaban J connectivity index is 1.92. The molecule has 2 rings (SSSR count). The Bertz CT molecular complexity index is 700. The van der Waals surface area contributed by atoms with Crippen LogP contribution >= 0.6 is 0 Å². The van der Waals surface area contributed by atoms with Crippen molar-refractivity contribution < 1.29 is 28.5 Å². The minimum Gasteiger partial charge on any atom is -0.493 e. The topological polar surface area (TPSA) is 89.6 Å². The highest BCUT2D eigenvalue weighted by atomic mass is 16.6. The van der Waals surface area contributed by atoms with Crippen molar-refractivity contribution in [2.75, 3.05) is 66.0 Å². The Morgan fingerprint density at radius 3 is 2.23 bits per heavy atom. The fourth-order valence-corrected chi connectivity index (χ4v) is 3.20. The lowest BCUT2D eigenvalue weighted by Crippen LogP contribution is -2.38. The van der Waals surface area contributed by atoms with Gasteiger partial charge in [0.1, 0.15) is 0 Å². The highest BCUT2D eigenvalue weighted by Crippen LogP contribution is 2.39. The average Bonchev–Trinajstić information content (AvgIpc) is 2.96. The van der Waals surface area contributed by atoms with Crippen molar-refractivity contribution in [2.45, 2.75) is 20.3 Å². The van der Waals surface area contributed by atoms with Crippen molar-refractivity contribution in [3.8, 4) is 17.2 Å². The molecule has 0 spiro atoms. The lowest BCUT2D eigenvalue weighted by atomic mass is 10.2. The molecule has 0 aliphatic carbocycles. The molecule has 1 fully saturated rings. The first-order valence-corrected chi connectivity index (χ1v) is 10.1. The molecule has 0 bridgehead atoms. The maximum atomic E-state index is 12.6. The van der Waals surface area contributed by atoms with Crippen LogP contribution in [-0.2, 0) is 9.53 Å². The number of ether oxygens (including phenoxy) is 4. The Morgan fingerprint density at radius 1 is 1.00 bits per heavy atom. The molecule has 0 aromatic heterocycles. The molecular formula is C21H33N3O6. The molecule has 1 heterocycles. The molecule has 2 amide bonds. The van der Waals surface area contributed by atoms with E-state index in [-0.39, 0.29) is 18.5 Å². The number of benzene rings is 1. The second-order valence-corrected chi connectivity index (χ2v) is 7.55. The van der Waals surface area contributed by atoms with Gasteiger partial charge in [-0.25, -0.2) is 4.79 Å². The van der Waals surface area contributed by atoms with E-state index in [0.29, 0.717) is 55.1 Å². The number of amides is 2. The molecule has 0 unspecified atom stereocenters. The minimum absolute atomic E-state index is 0.153. The van der Waals surface area contributed by atoms with Crippen molar-refractivity contribution in [2.24, 2.45) is 5.92 Å². The second kappa shape index (κ2) is 11.5. The molecule has 1 aromatic rings. The number of hydrogen-bond acceptors (Lipinski definition) is 7. The minimum atomic E-state index is -0.285. The molecule has 0 saturated carbocycles. The summed E-state index contributed by atoms with van der Waals surface area (Å²) in [5.41, 5.74) is 0.559. The van der Waals surface area contributed by atoms with Crippen molar-refractivity contribution in [1.29, 1.82) is 0 Å². The Hall–Kier alpha value is -2.68. The normalized spacial score (nSPS) is 14.8. The van der Waals surface area contributed by atoms with Gasteiger partial charge in [0.05, 0.1) is 34.5 Å². The van der Waals surface area contributed by atoms with E-state index in [1.165, 1.54) is 21.3 Å². The molecule has 1 saturated heterocycles. The first kappa shape index (κ1) is 23.6. The highest BCUT2D eigenvalue weighted by molar-refractivity contribution is 5.93. The lowest BCUT2D eigenvalue weighted by molar-refractivity contribution is -0.117. The van der Waals surface area contributed by atoms with Crippen molar-refractivity contribution >= 4 is 17.7 Å². The summed E-state index contributed by atoms with van der Waals surface area (Å²) < 4.78 is 21.3. The Labute approximate surface area is 178 Å². The summed E-state index contributed by atoms with van der Waals surface area (Å²) in [5.74, 6) is 1.56. The van der Waals surface area contributed by atoms with Gasteiger partial charge in [-0.15, -0.1) is 0 Å². The van der Waals surface area contributed by atoms with Crippen LogP contribution in [0.3, 0.4) is 0 Å². The van der Waals surface area contributed by atoms with Crippen LogP contribution in [0.15, 0.2) is 12.1 Å². The molecule has 30 heavy (non-hydrogen) atoms. The van der Waals surface area contributed by atoms with Crippen LogP contribution in [0.2, 0.25) is 0 Å². The van der Waals surface area contributed by atoms with Crippen LogP contribution < -0.4 is 19.5 Å². The third-order valence-electron chi connectivity index (χ3n) is 4.70. The standard InChI is InChI=1S/C21H33N3O6/c1-15(2)14-30-21(26)24-8-6-7-23(9-10-24)13-19(25)22-16-11-17(27-3)20(29-5)18(12-16)28-4/h11-12,15H,6-10,13-14H2,1-5H3,(H,22,25). The van der Waals surface area contributed by atoms with Gasteiger partial charge in [0.15, 0.2) is 11.5 Å². The number of rotatable bonds is 8. The van der Waals surface area contributed by atoms with Gasteiger partial charge in [0.2, 0.25) is 11.7 Å². The monoisotopic (exact) mass is 423 g/mol. The SMILES string of the molecule is COc1cc(NC(=O)CN2CCCN(C(=O)OCC(C)C)CC2)cc(OC)c1OC. The highest BCUT2D eigenvalue weighted by Gasteiger charge is 2.22. The predicted octanol–water partition coefficient (Wildman–Crippen LogP) is 2.45. The first-order valence-electron chi connectivity index (χ1n) is 10.1. The van der Waals surface area contributed by atoms with Crippen LogP contribution in [-0.4, -0.2) is 82.5 Å². The third-order valence-corrected chi connectivity index (χ3v) is 4.70. The quantitative estimate of drug-likeness (QED) is 0.687. The summed E-state index contributed by atoms with van der Waals surface area (Å²) >= 11 is 0. The van der Waals surface area contributed by atoms with Crippen molar-refractivity contribution in [3.63, 3.8) is 0 Å². The lowest BCUT2D eigenvalue weighted by Gasteiger charge is -2.22. The number of carbonyl (C=O) groups excluding carboxylic acids is 2. The largest absolute Gasteiger partial charge is 0.493 e. The van der Waals surface area contributed by atoms with Crippen LogP contribution in [0, 0.1) is 5.92 Å². The average molecular weight is 424 g/mol. The zero-order valence-corrected chi connectivity index (χ0v) is 18.5. The molecule has 1 aliphatic heterocycles. The first-order chi connectivity index (χ1) is 14.4. The molecule has 9 heteroatoms. The number of methoxy groups -OCH3 is 3. The fourth-order valence-electron chi connectivity index (χ4n) is 3.20. The van der Waals surface area contributed by atoms with E-state index in [1.54, 1.807) is 17.0 Å². The van der Waals surface area contributed by atoms with E-state index in [9.17, 15) is 9.59 Å². The third kappa shape index (κ3) is 6.69. The van der Waals surface area contributed by atoms with Gasteiger partial charge < -0.3 is 29.2 Å². The van der Waals surface area contributed by atoms with Crippen LogP contribution in [0.25, 0.3) is 0 Å². The molecule has 1 N–H and O–H groups in total. The molecule has 1 aliphatic rings. The molecule has 1 aromatic carbocycles.